The first-order valence-corrected chi connectivity index (χ1v) is 8.06. The Kier molecular flexibility index (Phi) is 4.06. The number of fused-ring (bicyclic) bond motifs is 1. The van der Waals surface area contributed by atoms with E-state index in [1.807, 2.05) is 51.1 Å². The third-order valence-electron chi connectivity index (χ3n) is 4.28. The molecule has 0 spiro atoms. The maximum absolute atomic E-state index is 11.6. The van der Waals surface area contributed by atoms with Crippen LogP contribution in [0.5, 0.6) is 5.75 Å². The van der Waals surface area contributed by atoms with Crippen molar-refractivity contribution in [1.82, 2.24) is 0 Å². The number of carboxylic acids is 1. The number of hydrogen-bond acceptors (Lipinski definition) is 3. The third-order valence-corrected chi connectivity index (χ3v) is 4.51. The van der Waals surface area contributed by atoms with Crippen molar-refractivity contribution >= 4 is 17.6 Å². The van der Waals surface area contributed by atoms with Crippen molar-refractivity contribution < 1.29 is 19.4 Å². The number of carbonyl (C=O) groups is 1. The number of halogens is 1. The highest BCUT2D eigenvalue weighted by molar-refractivity contribution is 6.30. The molecular formula is C19H19ClO4. The maximum Gasteiger partial charge on any atom is 0.373 e. The Morgan fingerprint density at radius 3 is 2.42 bits per heavy atom. The van der Waals surface area contributed by atoms with Crippen molar-refractivity contribution in [3.8, 4) is 5.75 Å². The number of rotatable bonds is 2. The van der Waals surface area contributed by atoms with Gasteiger partial charge in [-0.2, -0.15) is 0 Å². The highest BCUT2D eigenvalue weighted by Gasteiger charge is 2.53. The van der Waals surface area contributed by atoms with E-state index in [0.29, 0.717) is 10.8 Å². The highest BCUT2D eigenvalue weighted by Crippen LogP contribution is 2.54. The van der Waals surface area contributed by atoms with Crippen molar-refractivity contribution in [2.75, 3.05) is 0 Å². The molecule has 0 fully saturated rings. The van der Waals surface area contributed by atoms with Crippen LogP contribution in [0.25, 0.3) is 0 Å². The molecule has 3 rings (SSSR count). The van der Waals surface area contributed by atoms with Crippen molar-refractivity contribution in [2.45, 2.75) is 32.7 Å². The lowest BCUT2D eigenvalue weighted by Gasteiger charge is -2.49. The molecule has 0 aliphatic carbocycles. The van der Waals surface area contributed by atoms with Crippen LogP contribution in [0.4, 0.5) is 0 Å². The lowest BCUT2D eigenvalue weighted by molar-refractivity contribution is -0.226. The molecule has 126 valence electrons. The zero-order valence-corrected chi connectivity index (χ0v) is 14.5. The molecule has 4 nitrogen and oxygen atoms in total. The highest BCUT2D eigenvalue weighted by atomic mass is 35.5. The first kappa shape index (κ1) is 16.8. The van der Waals surface area contributed by atoms with E-state index < -0.39 is 23.3 Å². The Balaban J connectivity index is 2.35. The standard InChI is InChI=1S/C19H19ClO4/c1-18(2,3)19(12-7-5-4-6-8-12)14-11-13(20)9-10-15(14)23-17(24-19)16(21)22/h4-11,17H,1-3H3,(H,21,22). The minimum absolute atomic E-state index is 0.453. The van der Waals surface area contributed by atoms with Crippen LogP contribution in [-0.2, 0) is 15.1 Å². The largest absolute Gasteiger partial charge is 0.477 e. The van der Waals surface area contributed by atoms with E-state index in [2.05, 4.69) is 0 Å². The van der Waals surface area contributed by atoms with Gasteiger partial charge in [-0.05, 0) is 29.2 Å². The van der Waals surface area contributed by atoms with Crippen LogP contribution in [0.3, 0.4) is 0 Å². The summed E-state index contributed by atoms with van der Waals surface area (Å²) in [5.41, 5.74) is 0.128. The Morgan fingerprint density at radius 1 is 1.17 bits per heavy atom. The summed E-state index contributed by atoms with van der Waals surface area (Å²) in [4.78, 5) is 11.6. The van der Waals surface area contributed by atoms with E-state index in [0.717, 1.165) is 11.1 Å². The fraction of sp³-hybridized carbons (Fsp3) is 0.316. The van der Waals surface area contributed by atoms with Crippen LogP contribution >= 0.6 is 11.6 Å². The summed E-state index contributed by atoms with van der Waals surface area (Å²) in [6.07, 6.45) is -1.39. The molecule has 1 N–H and O–H groups in total. The number of ether oxygens (including phenoxy) is 2. The number of benzene rings is 2. The molecule has 0 saturated heterocycles. The lowest BCUT2D eigenvalue weighted by atomic mass is 9.67. The topological polar surface area (TPSA) is 55.8 Å². The van der Waals surface area contributed by atoms with Gasteiger partial charge in [-0.1, -0.05) is 62.7 Å². The van der Waals surface area contributed by atoms with Gasteiger partial charge in [-0.15, -0.1) is 0 Å². The second-order valence-corrected chi connectivity index (χ2v) is 7.28. The fourth-order valence-corrected chi connectivity index (χ4v) is 3.43. The van der Waals surface area contributed by atoms with Crippen LogP contribution in [-0.4, -0.2) is 17.4 Å². The summed E-state index contributed by atoms with van der Waals surface area (Å²) >= 11 is 6.21. The van der Waals surface area contributed by atoms with Crippen LogP contribution in [0.1, 0.15) is 31.9 Å². The predicted molar refractivity (Wildman–Crippen MR) is 91.3 cm³/mol. The molecule has 0 amide bonds. The molecule has 2 aromatic rings. The van der Waals surface area contributed by atoms with Gasteiger partial charge in [-0.25, -0.2) is 4.79 Å². The molecule has 1 aliphatic rings. The van der Waals surface area contributed by atoms with E-state index in [1.54, 1.807) is 18.2 Å². The summed E-state index contributed by atoms with van der Waals surface area (Å²) in [7, 11) is 0. The normalized spacial score (nSPS) is 23.2. The van der Waals surface area contributed by atoms with Gasteiger partial charge in [0.2, 0.25) is 0 Å². The number of carboxylic acid groups (broad SMARTS) is 1. The summed E-state index contributed by atoms with van der Waals surface area (Å²) < 4.78 is 11.6. The number of hydrogen-bond donors (Lipinski definition) is 1. The van der Waals surface area contributed by atoms with E-state index in [-0.39, 0.29) is 0 Å². The quantitative estimate of drug-likeness (QED) is 0.872. The van der Waals surface area contributed by atoms with E-state index >= 15 is 0 Å². The Hall–Kier alpha value is -2.04. The summed E-state index contributed by atoms with van der Waals surface area (Å²) in [5, 5.41) is 10.0. The minimum Gasteiger partial charge on any atom is -0.477 e. The second kappa shape index (κ2) is 5.80. The fourth-order valence-electron chi connectivity index (χ4n) is 3.25. The summed E-state index contributed by atoms with van der Waals surface area (Å²) in [5.74, 6) is -0.697. The van der Waals surface area contributed by atoms with Crippen LogP contribution in [0.2, 0.25) is 5.02 Å². The van der Waals surface area contributed by atoms with Gasteiger partial charge in [-0.3, -0.25) is 0 Å². The Labute approximate surface area is 146 Å². The minimum atomic E-state index is -1.39. The molecule has 2 atom stereocenters. The molecule has 0 radical (unpaired) electrons. The van der Waals surface area contributed by atoms with Gasteiger partial charge in [0, 0.05) is 10.6 Å². The second-order valence-electron chi connectivity index (χ2n) is 6.84. The average molecular weight is 347 g/mol. The number of aliphatic carboxylic acids is 1. The van der Waals surface area contributed by atoms with E-state index in [4.69, 9.17) is 21.1 Å². The lowest BCUT2D eigenvalue weighted by Crippen LogP contribution is -2.52. The molecule has 2 aromatic carbocycles. The van der Waals surface area contributed by atoms with Crippen LogP contribution < -0.4 is 4.74 Å². The third kappa shape index (κ3) is 2.56. The van der Waals surface area contributed by atoms with Gasteiger partial charge in [0.1, 0.15) is 11.4 Å². The van der Waals surface area contributed by atoms with Crippen molar-refractivity contribution in [2.24, 2.45) is 5.41 Å². The SMILES string of the molecule is CC(C)(C)C1(c2ccccc2)OC(C(=O)O)Oc2ccc(Cl)cc21. The molecular weight excluding hydrogens is 328 g/mol. The van der Waals surface area contributed by atoms with Crippen molar-refractivity contribution in [3.05, 3.63) is 64.7 Å². The van der Waals surface area contributed by atoms with Crippen LogP contribution in [0.15, 0.2) is 48.5 Å². The monoisotopic (exact) mass is 346 g/mol. The molecule has 5 heteroatoms. The molecule has 0 aromatic heterocycles. The first-order chi connectivity index (χ1) is 11.3. The Morgan fingerprint density at radius 2 is 1.83 bits per heavy atom. The van der Waals surface area contributed by atoms with Gasteiger partial charge in [0.25, 0.3) is 6.29 Å². The van der Waals surface area contributed by atoms with E-state index in [1.165, 1.54) is 0 Å². The van der Waals surface area contributed by atoms with Gasteiger partial charge >= 0.3 is 5.97 Å². The van der Waals surface area contributed by atoms with Crippen molar-refractivity contribution in [3.63, 3.8) is 0 Å². The summed E-state index contributed by atoms with van der Waals surface area (Å²) in [6.45, 7) is 6.03. The molecule has 2 unspecified atom stereocenters. The maximum atomic E-state index is 11.6. The smallest absolute Gasteiger partial charge is 0.373 e. The Bertz CT molecular complexity index is 767. The van der Waals surface area contributed by atoms with Gasteiger partial charge < -0.3 is 14.6 Å². The predicted octanol–water partition coefficient (Wildman–Crippen LogP) is 4.45. The molecule has 0 bridgehead atoms. The average Bonchev–Trinajstić information content (AvgIpc) is 2.53. The van der Waals surface area contributed by atoms with Gasteiger partial charge in [0.15, 0.2) is 0 Å². The zero-order chi connectivity index (χ0) is 17.5. The molecule has 0 saturated carbocycles. The van der Waals surface area contributed by atoms with Crippen LogP contribution in [0, 0.1) is 5.41 Å². The zero-order valence-electron chi connectivity index (χ0n) is 13.7. The van der Waals surface area contributed by atoms with Gasteiger partial charge in [0.05, 0.1) is 0 Å². The first-order valence-electron chi connectivity index (χ1n) is 7.68. The van der Waals surface area contributed by atoms with Crippen molar-refractivity contribution in [1.29, 1.82) is 0 Å². The summed E-state index contributed by atoms with van der Waals surface area (Å²) in [6, 6.07) is 14.7. The molecule has 1 heterocycles. The molecule has 24 heavy (non-hydrogen) atoms. The van der Waals surface area contributed by atoms with E-state index in [9.17, 15) is 9.90 Å². The molecule has 1 aliphatic heterocycles.